The minimum absolute atomic E-state index is 0.115. The van der Waals surface area contributed by atoms with Gasteiger partial charge in [-0.15, -0.1) is 0 Å². The molecule has 1 atom stereocenters. The van der Waals surface area contributed by atoms with Crippen LogP contribution in [0.5, 0.6) is 0 Å². The molecule has 1 rings (SSSR count). The molecule has 0 N–H and O–H groups in total. The molecule has 1 nitrogen and oxygen atoms in total. The standard InChI is InChI=1S/C13H18FIO/c1-2-3-10-16-13(8-9-15)11-4-6-12(14)7-5-11/h4-7,13H,2-3,8-10H2,1H3/t13-/m0/s1. The first-order valence-corrected chi connectivity index (χ1v) is 7.23. The van der Waals surface area contributed by atoms with Crippen molar-refractivity contribution in [2.24, 2.45) is 0 Å². The molecule has 16 heavy (non-hydrogen) atoms. The summed E-state index contributed by atoms with van der Waals surface area (Å²) in [7, 11) is 0. The largest absolute Gasteiger partial charge is 0.374 e. The zero-order chi connectivity index (χ0) is 11.8. The smallest absolute Gasteiger partial charge is 0.123 e. The Morgan fingerprint density at radius 1 is 1.31 bits per heavy atom. The maximum Gasteiger partial charge on any atom is 0.123 e. The Kier molecular flexibility index (Phi) is 6.96. The molecule has 0 aromatic heterocycles. The highest BCUT2D eigenvalue weighted by atomic mass is 127. The van der Waals surface area contributed by atoms with Crippen molar-refractivity contribution in [2.45, 2.75) is 32.3 Å². The Balaban J connectivity index is 2.57. The van der Waals surface area contributed by atoms with Gasteiger partial charge in [0, 0.05) is 11.0 Å². The predicted molar refractivity (Wildman–Crippen MR) is 73.5 cm³/mol. The zero-order valence-corrected chi connectivity index (χ0v) is 11.7. The molecule has 0 fully saturated rings. The van der Waals surface area contributed by atoms with Crippen molar-refractivity contribution < 1.29 is 9.13 Å². The van der Waals surface area contributed by atoms with Crippen LogP contribution in [-0.2, 0) is 4.74 Å². The molecule has 90 valence electrons. The van der Waals surface area contributed by atoms with Gasteiger partial charge in [0.15, 0.2) is 0 Å². The van der Waals surface area contributed by atoms with Gasteiger partial charge in [-0.3, -0.25) is 0 Å². The Bertz CT molecular complexity index is 286. The Hall–Kier alpha value is -0.160. The quantitative estimate of drug-likeness (QED) is 0.404. The zero-order valence-electron chi connectivity index (χ0n) is 9.59. The second kappa shape index (κ2) is 8.01. The summed E-state index contributed by atoms with van der Waals surface area (Å²) in [6.45, 7) is 2.93. The van der Waals surface area contributed by atoms with Crippen LogP contribution in [0.1, 0.15) is 37.9 Å². The average Bonchev–Trinajstić information content (AvgIpc) is 2.29. The highest BCUT2D eigenvalue weighted by molar-refractivity contribution is 14.1. The van der Waals surface area contributed by atoms with Crippen LogP contribution in [-0.4, -0.2) is 11.0 Å². The molecule has 0 spiro atoms. The van der Waals surface area contributed by atoms with E-state index in [0.29, 0.717) is 0 Å². The molecule has 0 aliphatic carbocycles. The van der Waals surface area contributed by atoms with Gasteiger partial charge in [-0.25, -0.2) is 4.39 Å². The third-order valence-electron chi connectivity index (χ3n) is 2.43. The van der Waals surface area contributed by atoms with Gasteiger partial charge < -0.3 is 4.74 Å². The number of unbranched alkanes of at least 4 members (excludes halogenated alkanes) is 1. The number of rotatable bonds is 7. The van der Waals surface area contributed by atoms with E-state index in [1.54, 1.807) is 0 Å². The summed E-state index contributed by atoms with van der Waals surface area (Å²) in [5.74, 6) is -0.189. The molecule has 0 unspecified atom stereocenters. The van der Waals surface area contributed by atoms with E-state index >= 15 is 0 Å². The molecule has 0 saturated heterocycles. The van der Waals surface area contributed by atoms with Crippen LogP contribution in [0.4, 0.5) is 4.39 Å². The number of halogens is 2. The topological polar surface area (TPSA) is 9.23 Å². The van der Waals surface area contributed by atoms with Crippen LogP contribution in [0, 0.1) is 5.82 Å². The molecular formula is C13H18FIO. The second-order valence-corrected chi connectivity index (χ2v) is 4.82. The Morgan fingerprint density at radius 3 is 2.56 bits per heavy atom. The molecular weight excluding hydrogens is 318 g/mol. The predicted octanol–water partition coefficient (Wildman–Crippen LogP) is 4.51. The summed E-state index contributed by atoms with van der Waals surface area (Å²) < 4.78 is 19.7. The first kappa shape index (κ1) is 13.9. The molecule has 0 aliphatic heterocycles. The maximum atomic E-state index is 12.8. The third-order valence-corrected chi connectivity index (χ3v) is 3.05. The molecule has 1 aromatic rings. The Labute approximate surface area is 111 Å². The lowest BCUT2D eigenvalue weighted by molar-refractivity contribution is 0.0493. The highest BCUT2D eigenvalue weighted by Gasteiger charge is 2.10. The van der Waals surface area contributed by atoms with E-state index in [1.807, 2.05) is 12.1 Å². The van der Waals surface area contributed by atoms with Gasteiger partial charge in [0.25, 0.3) is 0 Å². The van der Waals surface area contributed by atoms with Crippen LogP contribution in [0.25, 0.3) is 0 Å². The summed E-state index contributed by atoms with van der Waals surface area (Å²) in [5, 5.41) is 0. The van der Waals surface area contributed by atoms with Gasteiger partial charge in [-0.1, -0.05) is 48.1 Å². The summed E-state index contributed by atoms with van der Waals surface area (Å²) in [6.07, 6.45) is 3.32. The number of ether oxygens (including phenoxy) is 1. The van der Waals surface area contributed by atoms with E-state index < -0.39 is 0 Å². The summed E-state index contributed by atoms with van der Waals surface area (Å²) >= 11 is 2.34. The minimum Gasteiger partial charge on any atom is -0.374 e. The molecule has 3 heteroatoms. The normalized spacial score (nSPS) is 12.7. The van der Waals surface area contributed by atoms with Crippen molar-refractivity contribution >= 4 is 22.6 Å². The lowest BCUT2D eigenvalue weighted by atomic mass is 10.1. The van der Waals surface area contributed by atoms with Crippen LogP contribution in [0.3, 0.4) is 0 Å². The average molecular weight is 336 g/mol. The van der Waals surface area contributed by atoms with Crippen LogP contribution >= 0.6 is 22.6 Å². The van der Waals surface area contributed by atoms with Crippen molar-refractivity contribution in [3.05, 3.63) is 35.6 Å². The number of hydrogen-bond acceptors (Lipinski definition) is 1. The van der Waals surface area contributed by atoms with Crippen molar-refractivity contribution in [2.75, 3.05) is 11.0 Å². The van der Waals surface area contributed by atoms with E-state index in [-0.39, 0.29) is 11.9 Å². The molecule has 0 bridgehead atoms. The minimum atomic E-state index is -0.189. The van der Waals surface area contributed by atoms with Gasteiger partial charge in [-0.05, 0) is 30.5 Å². The van der Waals surface area contributed by atoms with Gasteiger partial charge >= 0.3 is 0 Å². The summed E-state index contributed by atoms with van der Waals surface area (Å²) in [6, 6.07) is 6.63. The van der Waals surface area contributed by atoms with E-state index in [4.69, 9.17) is 4.74 Å². The van der Waals surface area contributed by atoms with Gasteiger partial charge in [0.05, 0.1) is 6.10 Å². The lowest BCUT2D eigenvalue weighted by Crippen LogP contribution is -2.06. The maximum absolute atomic E-state index is 12.8. The summed E-state index contributed by atoms with van der Waals surface area (Å²) in [5.41, 5.74) is 1.08. The summed E-state index contributed by atoms with van der Waals surface area (Å²) in [4.78, 5) is 0. The van der Waals surface area contributed by atoms with Crippen LogP contribution in [0.15, 0.2) is 24.3 Å². The monoisotopic (exact) mass is 336 g/mol. The van der Waals surface area contributed by atoms with E-state index in [0.717, 1.165) is 35.9 Å². The molecule has 1 aromatic carbocycles. The molecule has 0 heterocycles. The van der Waals surface area contributed by atoms with Crippen LogP contribution in [0.2, 0.25) is 0 Å². The van der Waals surface area contributed by atoms with Gasteiger partial charge in [0.1, 0.15) is 5.82 Å². The van der Waals surface area contributed by atoms with Gasteiger partial charge in [0.2, 0.25) is 0 Å². The third kappa shape index (κ3) is 4.78. The van der Waals surface area contributed by atoms with Crippen molar-refractivity contribution in [1.29, 1.82) is 0 Å². The number of alkyl halides is 1. The van der Waals surface area contributed by atoms with Crippen molar-refractivity contribution in [3.63, 3.8) is 0 Å². The lowest BCUT2D eigenvalue weighted by Gasteiger charge is -2.17. The van der Waals surface area contributed by atoms with E-state index in [9.17, 15) is 4.39 Å². The molecule has 0 saturated carbocycles. The molecule has 0 amide bonds. The van der Waals surface area contributed by atoms with Crippen LogP contribution < -0.4 is 0 Å². The Morgan fingerprint density at radius 2 is 2.00 bits per heavy atom. The van der Waals surface area contributed by atoms with Gasteiger partial charge in [-0.2, -0.15) is 0 Å². The SMILES string of the molecule is CCCCO[C@@H](CCI)c1ccc(F)cc1. The second-order valence-electron chi connectivity index (χ2n) is 3.74. The molecule has 0 aliphatic rings. The number of benzene rings is 1. The van der Waals surface area contributed by atoms with Crippen molar-refractivity contribution in [3.8, 4) is 0 Å². The van der Waals surface area contributed by atoms with Crippen molar-refractivity contribution in [1.82, 2.24) is 0 Å². The van der Waals surface area contributed by atoms with E-state index in [1.165, 1.54) is 12.1 Å². The molecule has 0 radical (unpaired) electrons. The first-order chi connectivity index (χ1) is 7.77. The fourth-order valence-electron chi connectivity index (χ4n) is 1.49. The first-order valence-electron chi connectivity index (χ1n) is 5.71. The number of hydrogen-bond donors (Lipinski definition) is 0. The fraction of sp³-hybridized carbons (Fsp3) is 0.538. The fourth-order valence-corrected chi connectivity index (χ4v) is 2.06. The van der Waals surface area contributed by atoms with E-state index in [2.05, 4.69) is 29.5 Å². The highest BCUT2D eigenvalue weighted by Crippen LogP contribution is 2.22.